The SMILES string of the molecule is COc1cc(N2CCC(N3CCN(C(=O)CSc4cccc5c4C(=O)N(C4CCC(=O)NC4=O)C5=O)CC3)CC2)ccc1Nc1ncc(Cl)c(Nc2ccccc2P(C)(C)=O)n1. The molecular weight excluding hydrogens is 853 g/mol. The van der Waals surface area contributed by atoms with E-state index in [0.717, 1.165) is 49.6 Å². The number of para-hydroxylation sites is 1. The standard InChI is InChI=1S/C43H47ClN9O7PS/c1-60-33-23-27(11-12-30(33)47-43-45-24-29(44)39(49-43)46-31-8-4-5-9-34(31)61(2,3)59)50-17-15-26(16-18-50)51-19-21-52(22-20-51)37(55)25-62-35-10-6-7-28-38(35)42(58)53(41(28)57)32-13-14-36(54)48-40(32)56/h4-12,23-24,26,32H,13-22,25H2,1-3H3,(H,48,54,56)(H2,45,46,47,49). The molecule has 16 nitrogen and oxygen atoms in total. The van der Waals surface area contributed by atoms with Crippen LogP contribution in [0.25, 0.3) is 0 Å². The molecule has 324 valence electrons. The zero-order chi connectivity index (χ0) is 43.7. The van der Waals surface area contributed by atoms with Crippen molar-refractivity contribution in [3.8, 4) is 5.75 Å². The molecule has 0 spiro atoms. The van der Waals surface area contributed by atoms with Crippen LogP contribution < -0.4 is 30.9 Å². The van der Waals surface area contributed by atoms with E-state index in [0.29, 0.717) is 63.2 Å². The van der Waals surface area contributed by atoms with Crippen molar-refractivity contribution in [3.05, 3.63) is 83.0 Å². The summed E-state index contributed by atoms with van der Waals surface area (Å²) in [6.45, 7) is 7.88. The summed E-state index contributed by atoms with van der Waals surface area (Å²) in [5.74, 6) is -0.856. The van der Waals surface area contributed by atoms with Crippen LogP contribution in [0.4, 0.5) is 28.8 Å². The molecule has 1 aromatic heterocycles. The summed E-state index contributed by atoms with van der Waals surface area (Å²) in [5, 5.41) is 9.72. The van der Waals surface area contributed by atoms with Crippen LogP contribution in [0.15, 0.2) is 71.8 Å². The Bertz CT molecular complexity index is 2490. The molecule has 1 unspecified atom stereocenters. The third-order valence-electron chi connectivity index (χ3n) is 11.7. The third-order valence-corrected chi connectivity index (χ3v) is 14.6. The van der Waals surface area contributed by atoms with Crippen LogP contribution >= 0.6 is 30.5 Å². The Morgan fingerprint density at radius 1 is 0.919 bits per heavy atom. The van der Waals surface area contributed by atoms with Crippen LogP contribution in [0, 0.1) is 0 Å². The third kappa shape index (κ3) is 9.03. The highest BCUT2D eigenvalue weighted by atomic mass is 35.5. The van der Waals surface area contributed by atoms with Gasteiger partial charge in [0.1, 0.15) is 24.0 Å². The number of rotatable bonds is 12. The summed E-state index contributed by atoms with van der Waals surface area (Å²) < 4.78 is 18.7. The van der Waals surface area contributed by atoms with Crippen LogP contribution in [-0.4, -0.2) is 132 Å². The molecule has 19 heteroatoms. The van der Waals surface area contributed by atoms with E-state index < -0.39 is 36.8 Å². The quantitative estimate of drug-likeness (QED) is 0.0960. The second-order valence-corrected chi connectivity index (χ2v) is 20.6. The normalized spacial score (nSPS) is 18.8. The molecule has 0 radical (unpaired) electrons. The summed E-state index contributed by atoms with van der Waals surface area (Å²) in [4.78, 5) is 81.4. The number of thioether (sulfide) groups is 1. The van der Waals surface area contributed by atoms with E-state index in [1.165, 1.54) is 18.0 Å². The molecule has 0 aliphatic carbocycles. The van der Waals surface area contributed by atoms with Gasteiger partial charge < -0.3 is 29.7 Å². The Kier molecular flexibility index (Phi) is 12.6. The maximum Gasteiger partial charge on any atom is 0.263 e. The first kappa shape index (κ1) is 43.2. The van der Waals surface area contributed by atoms with Gasteiger partial charge in [-0.25, -0.2) is 4.98 Å². The van der Waals surface area contributed by atoms with Crippen LogP contribution in [0.2, 0.25) is 5.02 Å². The smallest absolute Gasteiger partial charge is 0.263 e. The molecule has 3 fully saturated rings. The van der Waals surface area contributed by atoms with Gasteiger partial charge >= 0.3 is 0 Å². The van der Waals surface area contributed by atoms with Crippen molar-refractivity contribution in [2.75, 3.05) is 81.0 Å². The van der Waals surface area contributed by atoms with Crippen LogP contribution in [-0.2, 0) is 18.9 Å². The molecule has 4 aliphatic heterocycles. The number of fused-ring (bicyclic) bond motifs is 1. The highest BCUT2D eigenvalue weighted by molar-refractivity contribution is 8.00. The average molecular weight is 900 g/mol. The highest BCUT2D eigenvalue weighted by Crippen LogP contribution is 2.40. The Morgan fingerprint density at radius 2 is 1.68 bits per heavy atom. The lowest BCUT2D eigenvalue weighted by Gasteiger charge is -2.43. The van der Waals surface area contributed by atoms with Gasteiger partial charge in [-0.1, -0.05) is 29.8 Å². The number of piperazine rings is 1. The number of nitrogens with one attached hydrogen (secondary N) is 3. The number of amides is 5. The fourth-order valence-electron chi connectivity index (χ4n) is 8.45. The number of carbonyl (C=O) groups excluding carboxylic acids is 5. The van der Waals surface area contributed by atoms with E-state index in [1.807, 2.05) is 47.4 Å². The van der Waals surface area contributed by atoms with Crippen LogP contribution in [0.1, 0.15) is 46.4 Å². The summed E-state index contributed by atoms with van der Waals surface area (Å²) in [7, 11) is -0.948. The average Bonchev–Trinajstić information content (AvgIpc) is 3.52. The number of aromatic nitrogens is 2. The number of benzene rings is 3. The highest BCUT2D eigenvalue weighted by Gasteiger charge is 2.45. The Labute approximate surface area is 368 Å². The van der Waals surface area contributed by atoms with Gasteiger partial charge in [0.15, 0.2) is 5.82 Å². The number of imide groups is 2. The molecule has 3 N–H and O–H groups in total. The van der Waals surface area contributed by atoms with Gasteiger partial charge in [-0.05, 0) is 69.0 Å². The summed E-state index contributed by atoms with van der Waals surface area (Å²) in [6.07, 6.45) is 3.57. The van der Waals surface area contributed by atoms with E-state index in [4.69, 9.17) is 16.3 Å². The zero-order valence-electron chi connectivity index (χ0n) is 34.6. The molecule has 62 heavy (non-hydrogen) atoms. The molecule has 5 amide bonds. The molecule has 0 bridgehead atoms. The molecule has 1 atom stereocenters. The van der Waals surface area contributed by atoms with Crippen molar-refractivity contribution in [2.24, 2.45) is 0 Å². The molecule has 3 saturated heterocycles. The number of anilines is 5. The number of ether oxygens (including phenoxy) is 1. The lowest BCUT2D eigenvalue weighted by atomic mass is 10.0. The van der Waals surface area contributed by atoms with Gasteiger partial charge in [0, 0.05) is 73.7 Å². The van der Waals surface area contributed by atoms with E-state index in [2.05, 4.69) is 35.7 Å². The number of halogens is 1. The van der Waals surface area contributed by atoms with Crippen molar-refractivity contribution in [2.45, 2.75) is 42.7 Å². The number of nitrogens with zero attached hydrogens (tertiary/aromatic N) is 6. The van der Waals surface area contributed by atoms with Crippen molar-refractivity contribution in [1.29, 1.82) is 0 Å². The number of hydrogen-bond donors (Lipinski definition) is 3. The van der Waals surface area contributed by atoms with E-state index >= 15 is 0 Å². The van der Waals surface area contributed by atoms with E-state index in [-0.39, 0.29) is 35.6 Å². The predicted molar refractivity (Wildman–Crippen MR) is 239 cm³/mol. The molecule has 4 aromatic rings. The number of methoxy groups -OCH3 is 1. The second-order valence-electron chi connectivity index (χ2n) is 15.9. The van der Waals surface area contributed by atoms with Gasteiger partial charge in [-0.2, -0.15) is 4.98 Å². The second kappa shape index (κ2) is 18.1. The number of piperidine rings is 2. The minimum Gasteiger partial charge on any atom is -0.494 e. The van der Waals surface area contributed by atoms with Crippen LogP contribution in [0.3, 0.4) is 0 Å². The Balaban J connectivity index is 0.820. The van der Waals surface area contributed by atoms with Crippen molar-refractivity contribution < 1.29 is 33.3 Å². The maximum atomic E-state index is 13.5. The number of hydrogen-bond acceptors (Lipinski definition) is 14. The molecule has 5 heterocycles. The van der Waals surface area contributed by atoms with Gasteiger partial charge in [-0.15, -0.1) is 11.8 Å². The summed E-state index contributed by atoms with van der Waals surface area (Å²) >= 11 is 7.69. The summed E-state index contributed by atoms with van der Waals surface area (Å²) in [5.41, 5.74) is 2.78. The molecule has 3 aromatic carbocycles. The predicted octanol–water partition coefficient (Wildman–Crippen LogP) is 5.18. The Morgan fingerprint density at radius 3 is 2.40 bits per heavy atom. The Hall–Kier alpha value is -5.48. The van der Waals surface area contributed by atoms with Crippen molar-refractivity contribution in [3.63, 3.8) is 0 Å². The van der Waals surface area contributed by atoms with Crippen molar-refractivity contribution in [1.82, 2.24) is 30.0 Å². The van der Waals surface area contributed by atoms with Gasteiger partial charge in [0.05, 0.1) is 41.6 Å². The minimum absolute atomic E-state index is 0.0423. The summed E-state index contributed by atoms with van der Waals surface area (Å²) in [6, 6.07) is 17.7. The fraction of sp³-hybridized carbons (Fsp3) is 0.372. The zero-order valence-corrected chi connectivity index (χ0v) is 37.0. The van der Waals surface area contributed by atoms with E-state index in [9.17, 15) is 28.5 Å². The van der Waals surface area contributed by atoms with Gasteiger partial charge in [-0.3, -0.25) is 39.1 Å². The first-order valence-electron chi connectivity index (χ1n) is 20.4. The topological polar surface area (TPSA) is 186 Å². The van der Waals surface area contributed by atoms with E-state index in [1.54, 1.807) is 38.6 Å². The first-order valence-corrected chi connectivity index (χ1v) is 24.4. The number of carbonyl (C=O) groups is 5. The lowest BCUT2D eigenvalue weighted by molar-refractivity contribution is -0.136. The van der Waals surface area contributed by atoms with Crippen LogP contribution in [0.5, 0.6) is 5.75 Å². The van der Waals surface area contributed by atoms with Gasteiger partial charge in [0.25, 0.3) is 11.8 Å². The minimum atomic E-state index is -2.57. The maximum absolute atomic E-state index is 13.5. The molecule has 0 saturated carbocycles. The van der Waals surface area contributed by atoms with Crippen molar-refractivity contribution >= 4 is 94.2 Å². The molecule has 4 aliphatic rings. The monoisotopic (exact) mass is 899 g/mol. The molecule has 8 rings (SSSR count). The fourth-order valence-corrected chi connectivity index (χ4v) is 10.7. The van der Waals surface area contributed by atoms with Gasteiger partial charge in [0.2, 0.25) is 23.7 Å². The molecular formula is C43H47ClN9O7PS. The lowest BCUT2D eigenvalue weighted by Crippen LogP contribution is -2.54. The first-order chi connectivity index (χ1) is 29.8. The largest absolute Gasteiger partial charge is 0.494 e.